The summed E-state index contributed by atoms with van der Waals surface area (Å²) in [5.74, 6) is 1.05. The summed E-state index contributed by atoms with van der Waals surface area (Å²) >= 11 is 0. The number of carbonyl (C=O) groups is 1. The number of hydrogen-bond acceptors (Lipinski definition) is 3. The van der Waals surface area contributed by atoms with Gasteiger partial charge in [0.05, 0.1) is 6.04 Å². The smallest absolute Gasteiger partial charge is 0.239 e. The highest BCUT2D eigenvalue weighted by atomic mass is 16.2. The Morgan fingerprint density at radius 3 is 2.40 bits per heavy atom. The first-order valence-corrected chi connectivity index (χ1v) is 8.45. The first-order valence-electron chi connectivity index (χ1n) is 8.45. The van der Waals surface area contributed by atoms with E-state index >= 15 is 0 Å². The Hall–Kier alpha value is -0.610. The molecule has 0 spiro atoms. The van der Waals surface area contributed by atoms with Crippen molar-refractivity contribution in [2.75, 3.05) is 39.3 Å². The van der Waals surface area contributed by atoms with Crippen LogP contribution >= 0.6 is 0 Å². The van der Waals surface area contributed by atoms with Gasteiger partial charge in [-0.25, -0.2) is 0 Å². The summed E-state index contributed by atoms with van der Waals surface area (Å²) in [7, 11) is 0. The minimum absolute atomic E-state index is 0.0164. The second kappa shape index (κ2) is 7.99. The fraction of sp³-hybridized carbons (Fsp3) is 0.938. The summed E-state index contributed by atoms with van der Waals surface area (Å²) in [6, 6.07) is -0.0164. The summed E-state index contributed by atoms with van der Waals surface area (Å²) in [6.45, 7) is 10.8. The lowest BCUT2D eigenvalue weighted by Gasteiger charge is -2.33. The first-order chi connectivity index (χ1) is 9.70. The third-order valence-corrected chi connectivity index (χ3v) is 4.91. The number of piperidine rings is 2. The Morgan fingerprint density at radius 1 is 1.15 bits per heavy atom. The Labute approximate surface area is 123 Å². The van der Waals surface area contributed by atoms with Crippen molar-refractivity contribution in [3.63, 3.8) is 0 Å². The highest BCUT2D eigenvalue weighted by Gasteiger charge is 2.23. The van der Waals surface area contributed by atoms with E-state index in [2.05, 4.69) is 17.1 Å². The lowest BCUT2D eigenvalue weighted by atomic mass is 9.96. The van der Waals surface area contributed by atoms with Crippen LogP contribution in [0.3, 0.4) is 0 Å². The second-order valence-corrected chi connectivity index (χ2v) is 6.39. The molecule has 0 radical (unpaired) electrons. The molecule has 2 rings (SSSR count). The van der Waals surface area contributed by atoms with Gasteiger partial charge < -0.3 is 15.1 Å². The largest absolute Gasteiger partial charge is 0.341 e. The molecular weight excluding hydrogens is 250 g/mol. The van der Waals surface area contributed by atoms with Crippen LogP contribution in [0.1, 0.15) is 46.0 Å². The summed E-state index contributed by atoms with van der Waals surface area (Å²) in [5.41, 5.74) is 0. The average molecular weight is 281 g/mol. The van der Waals surface area contributed by atoms with E-state index in [1.807, 2.05) is 11.8 Å². The van der Waals surface area contributed by atoms with E-state index < -0.39 is 0 Å². The predicted octanol–water partition coefficient (Wildman–Crippen LogP) is 1.71. The van der Waals surface area contributed by atoms with E-state index in [4.69, 9.17) is 0 Å². The van der Waals surface area contributed by atoms with Crippen molar-refractivity contribution in [2.24, 2.45) is 5.92 Å². The SMILES string of the molecule is CCN1CCC(CNC(C)C(=O)N2CCCCC2)CC1. The zero-order valence-electron chi connectivity index (χ0n) is 13.2. The van der Waals surface area contributed by atoms with Crippen LogP contribution in [-0.4, -0.2) is 61.0 Å². The molecule has 0 aliphatic carbocycles. The molecule has 0 bridgehead atoms. The van der Waals surface area contributed by atoms with Crippen LogP contribution in [0, 0.1) is 5.92 Å². The summed E-state index contributed by atoms with van der Waals surface area (Å²) in [4.78, 5) is 16.9. The van der Waals surface area contributed by atoms with Gasteiger partial charge in [-0.15, -0.1) is 0 Å². The van der Waals surface area contributed by atoms with Gasteiger partial charge in [0.2, 0.25) is 5.91 Å². The number of amides is 1. The zero-order chi connectivity index (χ0) is 14.4. The maximum atomic E-state index is 12.3. The molecule has 2 fully saturated rings. The summed E-state index contributed by atoms with van der Waals surface area (Å²) in [5, 5.41) is 3.47. The molecule has 0 aromatic rings. The molecule has 4 heteroatoms. The Morgan fingerprint density at radius 2 is 1.80 bits per heavy atom. The van der Waals surface area contributed by atoms with Gasteiger partial charge in [-0.2, -0.15) is 0 Å². The van der Waals surface area contributed by atoms with Gasteiger partial charge in [0, 0.05) is 13.1 Å². The van der Waals surface area contributed by atoms with Gasteiger partial charge >= 0.3 is 0 Å². The van der Waals surface area contributed by atoms with E-state index in [0.717, 1.165) is 25.6 Å². The lowest BCUT2D eigenvalue weighted by Crippen LogP contribution is -2.48. The lowest BCUT2D eigenvalue weighted by molar-refractivity contribution is -0.134. The van der Waals surface area contributed by atoms with Crippen LogP contribution in [0.15, 0.2) is 0 Å². The molecule has 0 aromatic carbocycles. The van der Waals surface area contributed by atoms with Crippen molar-refractivity contribution < 1.29 is 4.79 Å². The van der Waals surface area contributed by atoms with E-state index in [0.29, 0.717) is 5.91 Å². The van der Waals surface area contributed by atoms with Gasteiger partial charge in [0.1, 0.15) is 0 Å². The van der Waals surface area contributed by atoms with Gasteiger partial charge in [0.25, 0.3) is 0 Å². The Kier molecular flexibility index (Phi) is 6.30. The summed E-state index contributed by atoms with van der Waals surface area (Å²) < 4.78 is 0. The third kappa shape index (κ3) is 4.45. The van der Waals surface area contributed by atoms with Crippen LogP contribution in [0.25, 0.3) is 0 Å². The monoisotopic (exact) mass is 281 g/mol. The van der Waals surface area contributed by atoms with Crippen molar-refractivity contribution in [3.8, 4) is 0 Å². The molecule has 2 saturated heterocycles. The topological polar surface area (TPSA) is 35.6 Å². The van der Waals surface area contributed by atoms with E-state index in [9.17, 15) is 4.79 Å². The van der Waals surface area contributed by atoms with Crippen molar-refractivity contribution in [1.29, 1.82) is 0 Å². The van der Waals surface area contributed by atoms with Crippen LogP contribution in [-0.2, 0) is 4.79 Å². The molecule has 2 aliphatic rings. The first kappa shape index (κ1) is 15.8. The number of nitrogens with one attached hydrogen (secondary N) is 1. The van der Waals surface area contributed by atoms with E-state index in [-0.39, 0.29) is 6.04 Å². The van der Waals surface area contributed by atoms with Gasteiger partial charge in [-0.1, -0.05) is 6.92 Å². The van der Waals surface area contributed by atoms with E-state index in [1.165, 1.54) is 51.7 Å². The molecule has 0 saturated carbocycles. The van der Waals surface area contributed by atoms with Crippen molar-refractivity contribution in [2.45, 2.75) is 52.0 Å². The standard InChI is InChI=1S/C16H31N3O/c1-3-18-11-7-15(8-12-18)13-17-14(2)16(20)19-9-5-4-6-10-19/h14-15,17H,3-13H2,1-2H3. The molecule has 1 N–H and O–H groups in total. The molecule has 116 valence electrons. The number of likely N-dealkylation sites (tertiary alicyclic amines) is 2. The van der Waals surface area contributed by atoms with Crippen molar-refractivity contribution >= 4 is 5.91 Å². The highest BCUT2D eigenvalue weighted by Crippen LogP contribution is 2.16. The van der Waals surface area contributed by atoms with E-state index in [1.54, 1.807) is 0 Å². The fourth-order valence-corrected chi connectivity index (χ4v) is 3.33. The molecule has 0 aromatic heterocycles. The minimum atomic E-state index is -0.0164. The van der Waals surface area contributed by atoms with Crippen LogP contribution < -0.4 is 5.32 Å². The number of rotatable bonds is 5. The van der Waals surface area contributed by atoms with Gasteiger partial charge in [0.15, 0.2) is 0 Å². The Bertz CT molecular complexity index is 294. The molecule has 1 amide bonds. The molecule has 4 nitrogen and oxygen atoms in total. The predicted molar refractivity (Wildman–Crippen MR) is 82.7 cm³/mol. The Balaban J connectivity index is 1.66. The maximum absolute atomic E-state index is 12.3. The van der Waals surface area contributed by atoms with Crippen LogP contribution in [0.5, 0.6) is 0 Å². The van der Waals surface area contributed by atoms with Gasteiger partial charge in [-0.05, 0) is 71.1 Å². The van der Waals surface area contributed by atoms with Crippen molar-refractivity contribution in [1.82, 2.24) is 15.1 Å². The minimum Gasteiger partial charge on any atom is -0.341 e. The molecule has 2 aliphatic heterocycles. The number of nitrogens with zero attached hydrogens (tertiary/aromatic N) is 2. The van der Waals surface area contributed by atoms with Crippen LogP contribution in [0.4, 0.5) is 0 Å². The maximum Gasteiger partial charge on any atom is 0.239 e. The quantitative estimate of drug-likeness (QED) is 0.833. The molecular formula is C16H31N3O. The fourth-order valence-electron chi connectivity index (χ4n) is 3.33. The third-order valence-electron chi connectivity index (χ3n) is 4.91. The second-order valence-electron chi connectivity index (χ2n) is 6.39. The normalized spacial score (nSPS) is 23.8. The van der Waals surface area contributed by atoms with Crippen LogP contribution in [0.2, 0.25) is 0 Å². The molecule has 20 heavy (non-hydrogen) atoms. The number of carbonyl (C=O) groups excluding carboxylic acids is 1. The molecule has 1 unspecified atom stereocenters. The average Bonchev–Trinajstić information content (AvgIpc) is 2.53. The number of hydrogen-bond donors (Lipinski definition) is 1. The summed E-state index contributed by atoms with van der Waals surface area (Å²) in [6.07, 6.45) is 6.17. The molecule has 2 heterocycles. The highest BCUT2D eigenvalue weighted by molar-refractivity contribution is 5.81. The molecule has 1 atom stereocenters. The van der Waals surface area contributed by atoms with Gasteiger partial charge in [-0.3, -0.25) is 4.79 Å². The zero-order valence-corrected chi connectivity index (χ0v) is 13.2. The van der Waals surface area contributed by atoms with Crippen molar-refractivity contribution in [3.05, 3.63) is 0 Å².